The van der Waals surface area contributed by atoms with Crippen LogP contribution in [0.2, 0.25) is 15.1 Å². The van der Waals surface area contributed by atoms with E-state index in [1.54, 1.807) is 0 Å². The highest BCUT2D eigenvalue weighted by atomic mass is 35.5. The number of halogens is 6. The van der Waals surface area contributed by atoms with Gasteiger partial charge in [-0.25, -0.2) is 0 Å². The van der Waals surface area contributed by atoms with Gasteiger partial charge in [-0.05, 0) is 41.8 Å². The Hall–Kier alpha value is -1.69. The Bertz CT molecular complexity index is 807. The van der Waals surface area contributed by atoms with Gasteiger partial charge in [0, 0.05) is 5.56 Å². The molecule has 0 radical (unpaired) electrons. The van der Waals surface area contributed by atoms with Crippen molar-refractivity contribution < 1.29 is 18.0 Å². The molecule has 0 saturated carbocycles. The Kier molecular flexibility index (Phi) is 6.03. The van der Waals surface area contributed by atoms with Crippen LogP contribution in [0.15, 0.2) is 42.5 Å². The maximum atomic E-state index is 13.4. The fraction of sp³-hybridized carbons (Fsp3) is 0.118. The molecule has 2 rings (SSSR count). The summed E-state index contributed by atoms with van der Waals surface area (Å²) in [4.78, 5) is 11.0. The summed E-state index contributed by atoms with van der Waals surface area (Å²) in [5.41, 5.74) is 4.92. The number of hydrogen-bond acceptors (Lipinski definition) is 1. The van der Waals surface area contributed by atoms with E-state index in [-0.39, 0.29) is 32.6 Å². The lowest BCUT2D eigenvalue weighted by Crippen LogP contribution is -2.11. The molecular weight excluding hydrogens is 398 g/mol. The van der Waals surface area contributed by atoms with Crippen LogP contribution in [0.4, 0.5) is 13.2 Å². The summed E-state index contributed by atoms with van der Waals surface area (Å²) in [5.74, 6) is -0.608. The van der Waals surface area contributed by atoms with Gasteiger partial charge in [0.05, 0.1) is 20.6 Å². The topological polar surface area (TPSA) is 43.1 Å². The molecule has 2 nitrogen and oxygen atoms in total. The van der Waals surface area contributed by atoms with Crippen molar-refractivity contribution in [1.82, 2.24) is 0 Å². The zero-order valence-corrected chi connectivity index (χ0v) is 14.8. The number of rotatable bonds is 4. The molecule has 0 aromatic heterocycles. The van der Waals surface area contributed by atoms with Crippen LogP contribution in [0.25, 0.3) is 5.57 Å². The van der Waals surface area contributed by atoms with Gasteiger partial charge in [0.15, 0.2) is 0 Å². The highest BCUT2D eigenvalue weighted by Crippen LogP contribution is 2.39. The molecule has 2 aromatic rings. The Morgan fingerprint density at radius 1 is 1.00 bits per heavy atom. The summed E-state index contributed by atoms with van der Waals surface area (Å²) in [7, 11) is 0. The van der Waals surface area contributed by atoms with Gasteiger partial charge in [0.25, 0.3) is 0 Å². The first kappa shape index (κ1) is 19.6. The van der Waals surface area contributed by atoms with E-state index < -0.39 is 17.7 Å². The molecule has 0 aliphatic heterocycles. The van der Waals surface area contributed by atoms with Gasteiger partial charge >= 0.3 is 6.18 Å². The molecule has 0 spiro atoms. The highest BCUT2D eigenvalue weighted by Gasteiger charge is 2.35. The zero-order chi connectivity index (χ0) is 18.8. The van der Waals surface area contributed by atoms with Crippen molar-refractivity contribution in [2.45, 2.75) is 12.6 Å². The molecule has 0 saturated heterocycles. The molecule has 0 aliphatic carbocycles. The number of benzene rings is 2. The lowest BCUT2D eigenvalue weighted by atomic mass is 10.0. The van der Waals surface area contributed by atoms with Crippen molar-refractivity contribution in [2.75, 3.05) is 0 Å². The van der Waals surface area contributed by atoms with Gasteiger partial charge < -0.3 is 5.73 Å². The van der Waals surface area contributed by atoms with E-state index in [1.807, 2.05) is 0 Å². The maximum absolute atomic E-state index is 13.4. The van der Waals surface area contributed by atoms with Crippen LogP contribution in [-0.2, 0) is 6.42 Å². The number of carbonyl (C=O) groups is 1. The van der Waals surface area contributed by atoms with Crippen molar-refractivity contribution in [1.29, 1.82) is 0 Å². The average Bonchev–Trinajstić information content (AvgIpc) is 2.51. The Labute approximate surface area is 157 Å². The van der Waals surface area contributed by atoms with Crippen LogP contribution < -0.4 is 5.73 Å². The molecule has 0 fully saturated rings. The maximum Gasteiger partial charge on any atom is 0.416 e. The third-order valence-corrected chi connectivity index (χ3v) is 4.58. The predicted molar refractivity (Wildman–Crippen MR) is 94.2 cm³/mol. The summed E-state index contributed by atoms with van der Waals surface area (Å²) in [6.45, 7) is 0. The van der Waals surface area contributed by atoms with Crippen LogP contribution in [0.3, 0.4) is 0 Å². The number of amides is 1. The van der Waals surface area contributed by atoms with E-state index in [0.717, 1.165) is 18.2 Å². The van der Waals surface area contributed by atoms with Crippen molar-refractivity contribution in [2.24, 2.45) is 5.73 Å². The molecular formula is C17H11Cl3F3NO. The number of carbonyl (C=O) groups excluding carboxylic acids is 1. The zero-order valence-electron chi connectivity index (χ0n) is 12.5. The monoisotopic (exact) mass is 407 g/mol. The van der Waals surface area contributed by atoms with Gasteiger partial charge in [-0.3, -0.25) is 4.79 Å². The van der Waals surface area contributed by atoms with Crippen molar-refractivity contribution >= 4 is 46.3 Å². The lowest BCUT2D eigenvalue weighted by molar-refractivity contribution is -0.0690. The second-order valence-corrected chi connectivity index (χ2v) is 6.33. The SMILES string of the molecule is NC(=O)c1ccc(CC=C(c2cc(Cl)c(Cl)c(Cl)c2)C(F)(F)F)cc1. The summed E-state index contributed by atoms with van der Waals surface area (Å²) in [5, 5.41) is -0.133. The Morgan fingerprint density at radius 2 is 1.52 bits per heavy atom. The van der Waals surface area contributed by atoms with Crippen LogP contribution in [0, 0.1) is 0 Å². The van der Waals surface area contributed by atoms with Gasteiger partial charge in [-0.1, -0.05) is 53.0 Å². The number of allylic oxidation sites excluding steroid dienone is 2. The molecule has 0 unspecified atom stereocenters. The van der Waals surface area contributed by atoms with Crippen LogP contribution in [0.5, 0.6) is 0 Å². The van der Waals surface area contributed by atoms with E-state index in [4.69, 9.17) is 40.5 Å². The van der Waals surface area contributed by atoms with Crippen molar-refractivity contribution in [3.05, 3.63) is 74.2 Å². The molecule has 0 heterocycles. The minimum absolute atomic E-state index is 0.00403. The molecule has 25 heavy (non-hydrogen) atoms. The number of alkyl halides is 3. The molecule has 0 atom stereocenters. The third-order valence-electron chi connectivity index (χ3n) is 3.38. The molecule has 2 aromatic carbocycles. The fourth-order valence-corrected chi connectivity index (χ4v) is 2.73. The number of primary amides is 1. The second-order valence-electron chi connectivity index (χ2n) is 5.13. The normalized spacial score (nSPS) is 12.3. The molecule has 0 aliphatic rings. The van der Waals surface area contributed by atoms with Crippen LogP contribution >= 0.6 is 34.8 Å². The summed E-state index contributed by atoms with van der Waals surface area (Å²) < 4.78 is 40.2. The minimum atomic E-state index is -4.60. The number of nitrogens with two attached hydrogens (primary N) is 1. The van der Waals surface area contributed by atoms with Gasteiger partial charge in [0.1, 0.15) is 0 Å². The molecule has 8 heteroatoms. The predicted octanol–water partition coefficient (Wildman–Crippen LogP) is 5.93. The molecule has 0 bridgehead atoms. The van der Waals surface area contributed by atoms with E-state index in [1.165, 1.54) is 24.3 Å². The third kappa shape index (κ3) is 4.91. The van der Waals surface area contributed by atoms with Crippen LogP contribution in [-0.4, -0.2) is 12.1 Å². The molecule has 2 N–H and O–H groups in total. The fourth-order valence-electron chi connectivity index (χ4n) is 2.13. The first-order valence-electron chi connectivity index (χ1n) is 6.90. The standard InChI is InChI=1S/C17H11Cl3F3NO/c18-13-7-11(8-14(19)15(13)20)12(17(21,22)23)6-3-9-1-4-10(5-2-9)16(24)25/h1-2,4-8H,3H2,(H2,24,25). The van der Waals surface area contributed by atoms with Gasteiger partial charge in [-0.15, -0.1) is 0 Å². The Balaban J connectivity index is 2.38. The van der Waals surface area contributed by atoms with Gasteiger partial charge in [0.2, 0.25) is 5.91 Å². The summed E-state index contributed by atoms with van der Waals surface area (Å²) in [6, 6.07) is 8.21. The second kappa shape index (κ2) is 7.68. The molecule has 132 valence electrons. The largest absolute Gasteiger partial charge is 0.416 e. The quantitative estimate of drug-likeness (QED) is 0.626. The highest BCUT2D eigenvalue weighted by molar-refractivity contribution is 6.48. The van der Waals surface area contributed by atoms with E-state index >= 15 is 0 Å². The minimum Gasteiger partial charge on any atom is -0.366 e. The number of hydrogen-bond donors (Lipinski definition) is 1. The summed E-state index contributed by atoms with van der Waals surface area (Å²) >= 11 is 17.4. The summed E-state index contributed by atoms with van der Waals surface area (Å²) in [6.07, 6.45) is -3.59. The lowest BCUT2D eigenvalue weighted by Gasteiger charge is -2.14. The first-order valence-corrected chi connectivity index (χ1v) is 8.04. The van der Waals surface area contributed by atoms with E-state index in [2.05, 4.69) is 0 Å². The van der Waals surface area contributed by atoms with E-state index in [0.29, 0.717) is 5.56 Å². The van der Waals surface area contributed by atoms with Crippen molar-refractivity contribution in [3.8, 4) is 0 Å². The average molecular weight is 409 g/mol. The smallest absolute Gasteiger partial charge is 0.366 e. The van der Waals surface area contributed by atoms with Gasteiger partial charge in [-0.2, -0.15) is 13.2 Å². The van der Waals surface area contributed by atoms with Crippen LogP contribution in [0.1, 0.15) is 21.5 Å². The molecule has 1 amide bonds. The van der Waals surface area contributed by atoms with Crippen molar-refractivity contribution in [3.63, 3.8) is 0 Å². The Morgan fingerprint density at radius 3 is 1.96 bits per heavy atom. The first-order chi connectivity index (χ1) is 11.6. The van der Waals surface area contributed by atoms with E-state index in [9.17, 15) is 18.0 Å².